The quantitative estimate of drug-likeness (QED) is 0.455. The average Bonchev–Trinajstić information content (AvgIpc) is 2.68. The van der Waals surface area contributed by atoms with E-state index in [0.717, 1.165) is 33.6 Å². The van der Waals surface area contributed by atoms with Crippen LogP contribution in [0.15, 0.2) is 59.5 Å². The second-order valence-corrected chi connectivity index (χ2v) is 7.75. The molecule has 0 bridgehead atoms. The van der Waals surface area contributed by atoms with Crippen molar-refractivity contribution in [2.24, 2.45) is 0 Å². The van der Waals surface area contributed by atoms with Crippen LogP contribution in [0.25, 0.3) is 33.4 Å². The number of hydrogen-bond acceptors (Lipinski definition) is 4. The van der Waals surface area contributed by atoms with E-state index in [1.54, 1.807) is 24.0 Å². The highest BCUT2D eigenvalue weighted by Gasteiger charge is 2.20. The topological polar surface area (TPSA) is 58.6 Å². The summed E-state index contributed by atoms with van der Waals surface area (Å²) in [5.74, 6) is 0.681. The van der Waals surface area contributed by atoms with Crippen LogP contribution in [0.5, 0.6) is 0 Å². The van der Waals surface area contributed by atoms with Crippen molar-refractivity contribution in [1.82, 2.24) is 15.0 Å². The highest BCUT2D eigenvalue weighted by molar-refractivity contribution is 7.97. The van der Waals surface area contributed by atoms with Crippen molar-refractivity contribution in [3.05, 3.63) is 81.4 Å². The van der Waals surface area contributed by atoms with Gasteiger partial charge in [0.05, 0.1) is 11.1 Å². The Morgan fingerprint density at radius 3 is 2.57 bits per heavy atom. The summed E-state index contributed by atoms with van der Waals surface area (Å²) in [6.45, 7) is 1.91. The summed E-state index contributed by atoms with van der Waals surface area (Å²) in [4.78, 5) is 25.0. The van der Waals surface area contributed by atoms with Crippen molar-refractivity contribution < 1.29 is 0 Å². The van der Waals surface area contributed by atoms with Crippen LogP contribution in [-0.4, -0.2) is 21.2 Å². The first-order valence-electron chi connectivity index (χ1n) is 8.81. The van der Waals surface area contributed by atoms with Crippen LogP contribution in [-0.2, 0) is 5.75 Å². The summed E-state index contributed by atoms with van der Waals surface area (Å²) in [5, 5.41) is 1.04. The molecule has 0 spiro atoms. The molecule has 0 aliphatic heterocycles. The molecule has 140 valence electrons. The van der Waals surface area contributed by atoms with Gasteiger partial charge in [-0.05, 0) is 36.4 Å². The molecule has 4 rings (SSSR count). The van der Waals surface area contributed by atoms with Crippen LogP contribution in [0.2, 0.25) is 5.15 Å². The first-order valence-corrected chi connectivity index (χ1v) is 10.6. The summed E-state index contributed by atoms with van der Waals surface area (Å²) in [6, 6.07) is 15.4. The molecule has 6 heteroatoms. The molecule has 0 saturated heterocycles. The molecular weight excluding hydrogens is 390 g/mol. The highest BCUT2D eigenvalue weighted by Crippen LogP contribution is 2.38. The zero-order valence-electron chi connectivity index (χ0n) is 15.5. The Hall–Kier alpha value is -2.63. The number of thioether (sulfide) groups is 1. The third kappa shape index (κ3) is 3.43. The van der Waals surface area contributed by atoms with Gasteiger partial charge in [0.25, 0.3) is 0 Å². The molecule has 3 aromatic heterocycles. The minimum atomic E-state index is -0.0389. The van der Waals surface area contributed by atoms with Gasteiger partial charge in [-0.3, -0.25) is 4.79 Å². The van der Waals surface area contributed by atoms with Gasteiger partial charge in [-0.25, -0.2) is 9.97 Å². The van der Waals surface area contributed by atoms with Crippen molar-refractivity contribution in [3.63, 3.8) is 0 Å². The summed E-state index contributed by atoms with van der Waals surface area (Å²) in [7, 11) is 0. The van der Waals surface area contributed by atoms with Crippen LogP contribution < -0.4 is 5.43 Å². The van der Waals surface area contributed by atoms with Gasteiger partial charge in [-0.15, -0.1) is 0 Å². The number of hydrogen-bond donors (Lipinski definition) is 1. The summed E-state index contributed by atoms with van der Waals surface area (Å²) in [5.41, 5.74) is 5.98. The molecule has 1 aromatic carbocycles. The number of aromatic nitrogens is 3. The Morgan fingerprint density at radius 1 is 1.07 bits per heavy atom. The van der Waals surface area contributed by atoms with Gasteiger partial charge >= 0.3 is 0 Å². The van der Waals surface area contributed by atoms with Gasteiger partial charge in [-0.2, -0.15) is 11.8 Å². The van der Waals surface area contributed by atoms with E-state index in [4.69, 9.17) is 16.6 Å². The van der Waals surface area contributed by atoms with Crippen LogP contribution >= 0.6 is 23.4 Å². The Bertz CT molecular complexity index is 1200. The fourth-order valence-electron chi connectivity index (χ4n) is 3.46. The number of H-pyrrole nitrogens is 1. The second-order valence-electron chi connectivity index (χ2n) is 6.50. The maximum absolute atomic E-state index is 12.7. The smallest absolute Gasteiger partial charge is 0.191 e. The maximum Gasteiger partial charge on any atom is 0.191 e. The maximum atomic E-state index is 12.7. The van der Waals surface area contributed by atoms with Gasteiger partial charge in [0.15, 0.2) is 5.43 Å². The lowest BCUT2D eigenvalue weighted by molar-refractivity contribution is 1.20. The zero-order valence-corrected chi connectivity index (χ0v) is 17.1. The molecule has 0 fully saturated rings. The fraction of sp³-hybridized carbons (Fsp3) is 0.136. The molecule has 28 heavy (non-hydrogen) atoms. The molecule has 0 unspecified atom stereocenters. The Morgan fingerprint density at radius 2 is 1.86 bits per heavy atom. The number of nitrogens with zero attached hydrogens (tertiary/aromatic N) is 2. The first-order chi connectivity index (χ1) is 13.6. The largest absolute Gasteiger partial charge is 0.346 e. The third-order valence-electron chi connectivity index (χ3n) is 4.55. The number of halogens is 1. The van der Waals surface area contributed by atoms with Crippen LogP contribution in [0.1, 0.15) is 11.3 Å². The van der Waals surface area contributed by atoms with E-state index in [0.29, 0.717) is 21.9 Å². The van der Waals surface area contributed by atoms with Crippen molar-refractivity contribution in [2.75, 3.05) is 6.26 Å². The second kappa shape index (κ2) is 7.78. The summed E-state index contributed by atoms with van der Waals surface area (Å²) < 4.78 is 0. The predicted octanol–water partition coefficient (Wildman–Crippen LogP) is 5.48. The third-order valence-corrected chi connectivity index (χ3v) is 5.32. The molecular formula is C22H18ClN3OS. The molecule has 0 aliphatic carbocycles. The highest BCUT2D eigenvalue weighted by atomic mass is 35.5. The van der Waals surface area contributed by atoms with Crippen LogP contribution in [0.3, 0.4) is 0 Å². The zero-order chi connectivity index (χ0) is 19.7. The first kappa shape index (κ1) is 18.7. The molecule has 0 aliphatic rings. The normalized spacial score (nSPS) is 11.1. The molecule has 0 radical (unpaired) electrons. The number of pyridine rings is 3. The number of benzene rings is 1. The van der Waals surface area contributed by atoms with Crippen molar-refractivity contribution in [2.45, 2.75) is 12.7 Å². The van der Waals surface area contributed by atoms with Crippen molar-refractivity contribution in [3.8, 4) is 22.4 Å². The van der Waals surface area contributed by atoms with Gasteiger partial charge in [0.1, 0.15) is 10.8 Å². The van der Waals surface area contributed by atoms with Gasteiger partial charge in [0, 0.05) is 34.8 Å². The summed E-state index contributed by atoms with van der Waals surface area (Å²) in [6.07, 6.45) is 3.67. The lowest BCUT2D eigenvalue weighted by atomic mass is 9.93. The van der Waals surface area contributed by atoms with E-state index in [1.807, 2.05) is 55.6 Å². The molecule has 4 nitrogen and oxygen atoms in total. The minimum Gasteiger partial charge on any atom is -0.346 e. The Balaban J connectivity index is 2.19. The van der Waals surface area contributed by atoms with Crippen LogP contribution in [0, 0.1) is 6.92 Å². The number of aryl methyl sites for hydroxylation is 1. The Labute approximate surface area is 172 Å². The Kier molecular flexibility index (Phi) is 5.20. The van der Waals surface area contributed by atoms with E-state index in [9.17, 15) is 4.79 Å². The van der Waals surface area contributed by atoms with E-state index < -0.39 is 0 Å². The van der Waals surface area contributed by atoms with Gasteiger partial charge in [0.2, 0.25) is 0 Å². The molecule has 3 heterocycles. The number of rotatable bonds is 4. The van der Waals surface area contributed by atoms with E-state index >= 15 is 0 Å². The van der Waals surface area contributed by atoms with Gasteiger partial charge < -0.3 is 4.98 Å². The number of fused-ring (bicyclic) bond motifs is 1. The van der Waals surface area contributed by atoms with Crippen molar-refractivity contribution in [1.29, 1.82) is 0 Å². The number of nitrogens with one attached hydrogen (secondary N) is 1. The minimum absolute atomic E-state index is 0.0389. The summed E-state index contributed by atoms with van der Waals surface area (Å²) >= 11 is 7.94. The standard InChI is InChI=1S/C22H18ClN3OS/c1-13-10-15(11-18(23)25-13)19-16(12-28-2)20-17(27)8-9-24-22(20)26-21(19)14-6-4-3-5-7-14/h3-11H,12H2,1-2H3,(H,24,26,27). The SMILES string of the molecule is CSCc1c(-c2cc(C)nc(Cl)c2)c(-c2ccccc2)nc2[nH]ccc(=O)c12. The van der Waals surface area contributed by atoms with Gasteiger partial charge in [-0.1, -0.05) is 41.9 Å². The lowest BCUT2D eigenvalue weighted by Crippen LogP contribution is -2.08. The molecule has 0 amide bonds. The van der Waals surface area contributed by atoms with E-state index in [-0.39, 0.29) is 5.43 Å². The average molecular weight is 408 g/mol. The van der Waals surface area contributed by atoms with Crippen molar-refractivity contribution >= 4 is 34.4 Å². The van der Waals surface area contributed by atoms with E-state index in [2.05, 4.69) is 9.97 Å². The molecule has 4 aromatic rings. The lowest BCUT2D eigenvalue weighted by Gasteiger charge is -2.17. The predicted molar refractivity (Wildman–Crippen MR) is 118 cm³/mol. The molecule has 0 saturated carbocycles. The number of aromatic amines is 1. The monoisotopic (exact) mass is 407 g/mol. The molecule has 1 N–H and O–H groups in total. The fourth-order valence-corrected chi connectivity index (χ4v) is 4.29. The van der Waals surface area contributed by atoms with E-state index in [1.165, 1.54) is 0 Å². The molecule has 0 atom stereocenters. The van der Waals surface area contributed by atoms with Crippen LogP contribution in [0.4, 0.5) is 0 Å².